The Balaban J connectivity index is 2.01. The molecular formula is C17H16ClN. The van der Waals surface area contributed by atoms with E-state index in [0.717, 1.165) is 17.1 Å². The first-order valence-corrected chi connectivity index (χ1v) is 6.82. The topological polar surface area (TPSA) is 4.93 Å². The van der Waals surface area contributed by atoms with Crippen molar-refractivity contribution in [1.82, 2.24) is 4.57 Å². The zero-order valence-corrected chi connectivity index (χ0v) is 11.9. The van der Waals surface area contributed by atoms with Gasteiger partial charge in [0.15, 0.2) is 0 Å². The van der Waals surface area contributed by atoms with Crippen LogP contribution in [-0.4, -0.2) is 4.57 Å². The van der Waals surface area contributed by atoms with Gasteiger partial charge in [0.1, 0.15) is 0 Å². The third kappa shape index (κ3) is 2.39. The number of rotatable bonds is 2. The first-order valence-electron chi connectivity index (χ1n) is 6.44. The van der Waals surface area contributed by atoms with E-state index in [1.54, 1.807) is 0 Å². The Hall–Kier alpha value is -1.73. The van der Waals surface area contributed by atoms with Crippen molar-refractivity contribution in [2.75, 3.05) is 0 Å². The van der Waals surface area contributed by atoms with Crippen LogP contribution in [0.5, 0.6) is 0 Å². The fourth-order valence-corrected chi connectivity index (χ4v) is 2.72. The molecule has 3 aromatic rings. The van der Waals surface area contributed by atoms with Crippen molar-refractivity contribution in [2.24, 2.45) is 0 Å². The van der Waals surface area contributed by atoms with Crippen LogP contribution in [0.25, 0.3) is 10.9 Å². The number of fused-ring (bicyclic) bond motifs is 1. The van der Waals surface area contributed by atoms with Crippen LogP contribution < -0.4 is 0 Å². The summed E-state index contributed by atoms with van der Waals surface area (Å²) in [6.45, 7) is 4.99. The lowest BCUT2D eigenvalue weighted by Crippen LogP contribution is -1.98. The van der Waals surface area contributed by atoms with Gasteiger partial charge in [-0.2, -0.15) is 0 Å². The van der Waals surface area contributed by atoms with Gasteiger partial charge in [0.2, 0.25) is 0 Å². The fourth-order valence-electron chi connectivity index (χ4n) is 2.42. The number of aromatic nitrogens is 1. The van der Waals surface area contributed by atoms with Crippen molar-refractivity contribution in [2.45, 2.75) is 20.4 Å². The highest BCUT2D eigenvalue weighted by atomic mass is 35.5. The summed E-state index contributed by atoms with van der Waals surface area (Å²) in [7, 11) is 0. The Bertz CT molecular complexity index is 740. The monoisotopic (exact) mass is 269 g/mol. The highest BCUT2D eigenvalue weighted by Gasteiger charge is 2.05. The predicted octanol–water partition coefficient (Wildman–Crippen LogP) is 4.96. The standard InChI is InChI=1S/C17H16ClN/c1-12-4-6-17-14(9-12)7-8-19(17)11-15-5-3-13(2)10-16(15)18/h3-10H,11H2,1-2H3. The molecule has 0 aliphatic carbocycles. The molecule has 2 heteroatoms. The Morgan fingerprint density at radius 3 is 2.47 bits per heavy atom. The van der Waals surface area contributed by atoms with Gasteiger partial charge in [-0.15, -0.1) is 0 Å². The van der Waals surface area contributed by atoms with Crippen molar-refractivity contribution in [3.05, 3.63) is 70.4 Å². The molecule has 1 nitrogen and oxygen atoms in total. The lowest BCUT2D eigenvalue weighted by molar-refractivity contribution is 0.836. The molecule has 0 saturated heterocycles. The maximum Gasteiger partial charge on any atom is 0.0490 e. The van der Waals surface area contributed by atoms with Crippen LogP contribution in [-0.2, 0) is 6.54 Å². The third-order valence-corrected chi connectivity index (χ3v) is 3.83. The summed E-state index contributed by atoms with van der Waals surface area (Å²) in [6, 6.07) is 14.9. The van der Waals surface area contributed by atoms with Gasteiger partial charge in [-0.3, -0.25) is 0 Å². The van der Waals surface area contributed by atoms with Gasteiger partial charge in [-0.1, -0.05) is 35.4 Å². The Morgan fingerprint density at radius 1 is 0.947 bits per heavy atom. The maximum absolute atomic E-state index is 6.31. The summed E-state index contributed by atoms with van der Waals surface area (Å²) in [4.78, 5) is 0. The molecule has 96 valence electrons. The van der Waals surface area contributed by atoms with E-state index < -0.39 is 0 Å². The highest BCUT2D eigenvalue weighted by molar-refractivity contribution is 6.31. The smallest absolute Gasteiger partial charge is 0.0490 e. The summed E-state index contributed by atoms with van der Waals surface area (Å²) in [5.41, 5.74) is 4.90. The molecule has 2 aromatic carbocycles. The Labute approximate surface area is 118 Å². The lowest BCUT2D eigenvalue weighted by Gasteiger charge is -2.08. The molecular weight excluding hydrogens is 254 g/mol. The van der Waals surface area contributed by atoms with Gasteiger partial charge in [0.25, 0.3) is 0 Å². The van der Waals surface area contributed by atoms with Crippen LogP contribution in [0.2, 0.25) is 5.02 Å². The number of benzene rings is 2. The average molecular weight is 270 g/mol. The van der Waals surface area contributed by atoms with Crippen LogP contribution >= 0.6 is 11.6 Å². The maximum atomic E-state index is 6.31. The largest absolute Gasteiger partial charge is 0.343 e. The molecule has 0 saturated carbocycles. The van der Waals surface area contributed by atoms with Gasteiger partial charge >= 0.3 is 0 Å². The van der Waals surface area contributed by atoms with Gasteiger partial charge in [-0.05, 0) is 54.6 Å². The van der Waals surface area contributed by atoms with Crippen LogP contribution in [0.3, 0.4) is 0 Å². The molecule has 1 heterocycles. The van der Waals surface area contributed by atoms with Crippen LogP contribution in [0.4, 0.5) is 0 Å². The Kier molecular flexibility index (Phi) is 3.08. The zero-order valence-electron chi connectivity index (χ0n) is 11.2. The molecule has 0 radical (unpaired) electrons. The first kappa shape index (κ1) is 12.3. The van der Waals surface area contributed by atoms with Gasteiger partial charge < -0.3 is 4.57 Å². The highest BCUT2D eigenvalue weighted by Crippen LogP contribution is 2.22. The second kappa shape index (κ2) is 4.75. The summed E-state index contributed by atoms with van der Waals surface area (Å²) >= 11 is 6.31. The minimum absolute atomic E-state index is 0.811. The van der Waals surface area contributed by atoms with Crippen molar-refractivity contribution in [3.63, 3.8) is 0 Å². The molecule has 0 N–H and O–H groups in total. The van der Waals surface area contributed by atoms with E-state index in [4.69, 9.17) is 11.6 Å². The van der Waals surface area contributed by atoms with Gasteiger partial charge in [0, 0.05) is 23.3 Å². The lowest BCUT2D eigenvalue weighted by atomic mass is 10.1. The molecule has 0 amide bonds. The second-order valence-corrected chi connectivity index (χ2v) is 5.51. The van der Waals surface area contributed by atoms with Crippen molar-refractivity contribution < 1.29 is 0 Å². The number of aryl methyl sites for hydroxylation is 2. The molecule has 0 aliphatic rings. The van der Waals surface area contributed by atoms with E-state index in [9.17, 15) is 0 Å². The average Bonchev–Trinajstić information content (AvgIpc) is 2.75. The number of hydrogen-bond acceptors (Lipinski definition) is 0. The van der Waals surface area contributed by atoms with E-state index in [0.29, 0.717) is 0 Å². The quantitative estimate of drug-likeness (QED) is 0.620. The summed E-state index contributed by atoms with van der Waals surface area (Å²) < 4.78 is 2.24. The molecule has 3 rings (SSSR count). The molecule has 0 fully saturated rings. The van der Waals surface area contributed by atoms with Crippen molar-refractivity contribution in [1.29, 1.82) is 0 Å². The molecule has 19 heavy (non-hydrogen) atoms. The molecule has 0 spiro atoms. The van der Waals surface area contributed by atoms with E-state index in [2.05, 4.69) is 61.0 Å². The van der Waals surface area contributed by atoms with E-state index in [-0.39, 0.29) is 0 Å². The molecule has 0 unspecified atom stereocenters. The van der Waals surface area contributed by atoms with E-state index >= 15 is 0 Å². The number of nitrogens with zero attached hydrogens (tertiary/aromatic N) is 1. The Morgan fingerprint density at radius 2 is 1.68 bits per heavy atom. The normalized spacial score (nSPS) is 11.1. The molecule has 1 aromatic heterocycles. The summed E-state index contributed by atoms with van der Waals surface area (Å²) in [6.07, 6.45) is 2.13. The SMILES string of the molecule is Cc1ccc(Cn2ccc3cc(C)ccc32)c(Cl)c1. The minimum Gasteiger partial charge on any atom is -0.343 e. The predicted molar refractivity (Wildman–Crippen MR) is 82.0 cm³/mol. The zero-order chi connectivity index (χ0) is 13.4. The third-order valence-electron chi connectivity index (χ3n) is 3.48. The van der Waals surface area contributed by atoms with Gasteiger partial charge in [0.05, 0.1) is 0 Å². The van der Waals surface area contributed by atoms with Crippen LogP contribution in [0.1, 0.15) is 16.7 Å². The van der Waals surface area contributed by atoms with Crippen LogP contribution in [0.15, 0.2) is 48.7 Å². The number of halogens is 1. The van der Waals surface area contributed by atoms with E-state index in [1.807, 2.05) is 6.07 Å². The van der Waals surface area contributed by atoms with Crippen LogP contribution in [0, 0.1) is 13.8 Å². The molecule has 0 bridgehead atoms. The fraction of sp³-hybridized carbons (Fsp3) is 0.176. The summed E-state index contributed by atoms with van der Waals surface area (Å²) in [5.74, 6) is 0. The van der Waals surface area contributed by atoms with Crippen molar-refractivity contribution in [3.8, 4) is 0 Å². The van der Waals surface area contributed by atoms with Gasteiger partial charge in [-0.25, -0.2) is 0 Å². The van der Waals surface area contributed by atoms with Crippen molar-refractivity contribution >= 4 is 22.5 Å². The number of hydrogen-bond donors (Lipinski definition) is 0. The molecule has 0 aliphatic heterocycles. The first-order chi connectivity index (χ1) is 9.13. The molecule has 0 atom stereocenters. The summed E-state index contributed by atoms with van der Waals surface area (Å²) in [5, 5.41) is 2.12. The second-order valence-electron chi connectivity index (χ2n) is 5.10. The minimum atomic E-state index is 0.811. The van der Waals surface area contributed by atoms with E-state index in [1.165, 1.54) is 22.0 Å².